The van der Waals surface area contributed by atoms with Crippen molar-refractivity contribution >= 4 is 10.9 Å². The van der Waals surface area contributed by atoms with E-state index in [-0.39, 0.29) is 25.3 Å². The molecule has 0 fully saturated rings. The molecular weight excluding hydrogens is 286 g/mol. The van der Waals surface area contributed by atoms with Crippen LogP contribution in [0.15, 0.2) is 51.9 Å². The molecule has 0 aliphatic heterocycles. The Balaban J connectivity index is 1.62. The number of aliphatic hydroxyl groups excluding tert-OH is 1. The van der Waals surface area contributed by atoms with Crippen molar-refractivity contribution < 1.29 is 14.3 Å². The highest BCUT2D eigenvalue weighted by Gasteiger charge is 2.11. The normalized spacial score (nSPS) is 12.6. The molecule has 0 amide bonds. The number of nitrogens with zero attached hydrogens (tertiary/aromatic N) is 3. The average Bonchev–Trinajstić information content (AvgIpc) is 3.04. The van der Waals surface area contributed by atoms with E-state index >= 15 is 0 Å². The van der Waals surface area contributed by atoms with Crippen LogP contribution >= 0.6 is 0 Å². The predicted octanol–water partition coefficient (Wildman–Crippen LogP) is 0.962. The third kappa shape index (κ3) is 3.21. The summed E-state index contributed by atoms with van der Waals surface area (Å²) >= 11 is 0. The maximum absolute atomic E-state index is 12.2. The van der Waals surface area contributed by atoms with E-state index in [9.17, 15) is 9.90 Å². The topological polar surface area (TPSA) is 90.4 Å². The van der Waals surface area contributed by atoms with E-state index in [1.807, 2.05) is 0 Å². The fraction of sp³-hybridized carbons (Fsp3) is 0.267. The van der Waals surface area contributed by atoms with Crippen LogP contribution in [0.25, 0.3) is 10.9 Å². The van der Waals surface area contributed by atoms with Crippen molar-refractivity contribution in [3.8, 4) is 0 Å². The highest BCUT2D eigenvalue weighted by molar-refractivity contribution is 5.76. The first-order chi connectivity index (χ1) is 10.7. The van der Waals surface area contributed by atoms with Gasteiger partial charge in [0.15, 0.2) is 0 Å². The van der Waals surface area contributed by atoms with Gasteiger partial charge in [-0.3, -0.25) is 4.79 Å². The van der Waals surface area contributed by atoms with E-state index in [1.165, 1.54) is 0 Å². The third-order valence-corrected chi connectivity index (χ3v) is 3.15. The number of aliphatic hydroxyl groups is 1. The standard InChI is InChI=1S/C15H15N3O4/c19-11(9-21-10-12-4-3-7-22-12)8-18-15(20)13-5-1-2-6-14(13)16-17-18/h1-7,11,19H,8-10H2. The number of benzene rings is 1. The zero-order valence-electron chi connectivity index (χ0n) is 11.8. The predicted molar refractivity (Wildman–Crippen MR) is 78.2 cm³/mol. The highest BCUT2D eigenvalue weighted by Crippen LogP contribution is 2.04. The second-order valence-corrected chi connectivity index (χ2v) is 4.84. The summed E-state index contributed by atoms with van der Waals surface area (Å²) in [6, 6.07) is 10.5. The fourth-order valence-electron chi connectivity index (χ4n) is 2.09. The highest BCUT2D eigenvalue weighted by atomic mass is 16.5. The lowest BCUT2D eigenvalue weighted by atomic mass is 10.2. The first-order valence-corrected chi connectivity index (χ1v) is 6.85. The number of hydrogen-bond acceptors (Lipinski definition) is 6. The van der Waals surface area contributed by atoms with Crippen molar-refractivity contribution in [1.29, 1.82) is 0 Å². The van der Waals surface area contributed by atoms with Crippen molar-refractivity contribution in [3.05, 3.63) is 58.8 Å². The molecule has 2 heterocycles. The van der Waals surface area contributed by atoms with Crippen LogP contribution in [0.2, 0.25) is 0 Å². The molecule has 0 aliphatic carbocycles. The zero-order valence-corrected chi connectivity index (χ0v) is 11.8. The van der Waals surface area contributed by atoms with Crippen molar-refractivity contribution in [2.45, 2.75) is 19.3 Å². The second-order valence-electron chi connectivity index (χ2n) is 4.84. The fourth-order valence-corrected chi connectivity index (χ4v) is 2.09. The molecule has 0 bridgehead atoms. The van der Waals surface area contributed by atoms with Gasteiger partial charge in [0.1, 0.15) is 17.9 Å². The van der Waals surface area contributed by atoms with Gasteiger partial charge in [-0.05, 0) is 24.3 Å². The maximum atomic E-state index is 12.2. The molecule has 3 aromatic rings. The number of furan rings is 1. The molecule has 114 valence electrons. The second kappa shape index (κ2) is 6.50. The van der Waals surface area contributed by atoms with E-state index in [2.05, 4.69) is 10.3 Å². The third-order valence-electron chi connectivity index (χ3n) is 3.15. The molecule has 1 atom stereocenters. The van der Waals surface area contributed by atoms with Crippen LogP contribution < -0.4 is 5.56 Å². The van der Waals surface area contributed by atoms with Crippen molar-refractivity contribution in [2.24, 2.45) is 0 Å². The Hall–Kier alpha value is -2.51. The summed E-state index contributed by atoms with van der Waals surface area (Å²) in [6.45, 7) is 0.360. The van der Waals surface area contributed by atoms with Crippen LogP contribution in [0.4, 0.5) is 0 Å². The van der Waals surface area contributed by atoms with Gasteiger partial charge < -0.3 is 14.3 Å². The van der Waals surface area contributed by atoms with Crippen LogP contribution in [-0.4, -0.2) is 32.8 Å². The molecule has 1 aromatic carbocycles. The first kappa shape index (κ1) is 14.4. The number of fused-ring (bicyclic) bond motifs is 1. The molecular formula is C15H15N3O4. The molecule has 0 saturated heterocycles. The summed E-state index contributed by atoms with van der Waals surface area (Å²) in [5.41, 5.74) is 0.253. The summed E-state index contributed by atoms with van der Waals surface area (Å²) in [5, 5.41) is 18.2. The Labute approximate surface area is 125 Å². The Morgan fingerprint density at radius 3 is 2.95 bits per heavy atom. The van der Waals surface area contributed by atoms with E-state index < -0.39 is 6.10 Å². The molecule has 0 radical (unpaired) electrons. The minimum absolute atomic E-state index is 0.0226. The van der Waals surface area contributed by atoms with E-state index in [0.717, 1.165) is 4.68 Å². The van der Waals surface area contributed by atoms with Gasteiger partial charge in [0.25, 0.3) is 5.56 Å². The summed E-state index contributed by atoms with van der Waals surface area (Å²) in [4.78, 5) is 12.2. The Bertz CT molecular complexity index is 798. The number of aromatic nitrogens is 3. The maximum Gasteiger partial charge on any atom is 0.277 e. The molecule has 0 aliphatic rings. The van der Waals surface area contributed by atoms with E-state index in [4.69, 9.17) is 9.15 Å². The van der Waals surface area contributed by atoms with Crippen LogP contribution in [0, 0.1) is 0 Å². The first-order valence-electron chi connectivity index (χ1n) is 6.85. The minimum Gasteiger partial charge on any atom is -0.467 e. The molecule has 3 rings (SSSR count). The monoisotopic (exact) mass is 301 g/mol. The van der Waals surface area contributed by atoms with Gasteiger partial charge >= 0.3 is 0 Å². The molecule has 7 heteroatoms. The van der Waals surface area contributed by atoms with Crippen molar-refractivity contribution in [1.82, 2.24) is 15.0 Å². The molecule has 0 spiro atoms. The van der Waals surface area contributed by atoms with Gasteiger partial charge in [0.2, 0.25) is 0 Å². The zero-order chi connectivity index (χ0) is 15.4. The summed E-state index contributed by atoms with van der Waals surface area (Å²) in [7, 11) is 0. The SMILES string of the molecule is O=c1c2ccccc2nnn1CC(O)COCc1ccco1. The number of ether oxygens (including phenoxy) is 1. The quantitative estimate of drug-likeness (QED) is 0.729. The lowest BCUT2D eigenvalue weighted by molar-refractivity contribution is 0.0122. The Morgan fingerprint density at radius 1 is 1.27 bits per heavy atom. The number of hydrogen-bond donors (Lipinski definition) is 1. The van der Waals surface area contributed by atoms with Crippen LogP contribution in [0.1, 0.15) is 5.76 Å². The lowest BCUT2D eigenvalue weighted by Crippen LogP contribution is -2.31. The largest absolute Gasteiger partial charge is 0.467 e. The van der Waals surface area contributed by atoms with Crippen LogP contribution in [0.5, 0.6) is 0 Å². The summed E-state index contributed by atoms with van der Waals surface area (Å²) in [6.07, 6.45) is 0.697. The van der Waals surface area contributed by atoms with E-state index in [1.54, 1.807) is 42.7 Å². The average molecular weight is 301 g/mol. The molecule has 0 saturated carbocycles. The number of rotatable bonds is 6. The Morgan fingerprint density at radius 2 is 2.14 bits per heavy atom. The van der Waals surface area contributed by atoms with Gasteiger partial charge in [-0.15, -0.1) is 5.10 Å². The van der Waals surface area contributed by atoms with Crippen molar-refractivity contribution in [3.63, 3.8) is 0 Å². The molecule has 1 unspecified atom stereocenters. The molecule has 2 aromatic heterocycles. The van der Waals surface area contributed by atoms with Gasteiger partial charge in [-0.2, -0.15) is 0 Å². The summed E-state index contributed by atoms with van der Waals surface area (Å²) < 4.78 is 11.6. The van der Waals surface area contributed by atoms with Gasteiger partial charge in [-0.1, -0.05) is 17.3 Å². The van der Waals surface area contributed by atoms with Crippen molar-refractivity contribution in [2.75, 3.05) is 6.61 Å². The van der Waals surface area contributed by atoms with Gasteiger partial charge in [0, 0.05) is 0 Å². The van der Waals surface area contributed by atoms with Gasteiger partial charge in [0.05, 0.1) is 30.9 Å². The van der Waals surface area contributed by atoms with Gasteiger partial charge in [-0.25, -0.2) is 4.68 Å². The molecule has 1 N–H and O–H groups in total. The lowest BCUT2D eigenvalue weighted by Gasteiger charge is -2.11. The smallest absolute Gasteiger partial charge is 0.277 e. The van der Waals surface area contributed by atoms with Crippen LogP contribution in [-0.2, 0) is 17.9 Å². The van der Waals surface area contributed by atoms with E-state index in [0.29, 0.717) is 16.7 Å². The molecule has 22 heavy (non-hydrogen) atoms. The van der Waals surface area contributed by atoms with Crippen LogP contribution in [0.3, 0.4) is 0 Å². The summed E-state index contributed by atoms with van der Waals surface area (Å²) in [5.74, 6) is 0.676. The Kier molecular flexibility index (Phi) is 4.27. The molecule has 7 nitrogen and oxygen atoms in total. The minimum atomic E-state index is -0.858.